The van der Waals surface area contributed by atoms with Crippen molar-refractivity contribution in [3.8, 4) is 0 Å². The first kappa shape index (κ1) is 60.4. The van der Waals surface area contributed by atoms with Gasteiger partial charge in [0.1, 0.15) is 13.2 Å². The highest BCUT2D eigenvalue weighted by atomic mass is 16.6. The van der Waals surface area contributed by atoms with Gasteiger partial charge in [-0.15, -0.1) is 0 Å². The molecule has 0 amide bonds. The van der Waals surface area contributed by atoms with Gasteiger partial charge in [0.15, 0.2) is 6.10 Å². The van der Waals surface area contributed by atoms with Crippen molar-refractivity contribution in [2.45, 2.75) is 323 Å². The fourth-order valence-electron chi connectivity index (χ4n) is 8.54. The SMILES string of the molecule is CCCCCCCCCCCCCCCCC(=O)OC[C@@H](COC(=O)CCCCCCCCCCCCCC)OC(=O)CCCCCCCCCCCCCCCCC(C)CC. The number of hydrogen-bond donors (Lipinski definition) is 0. The minimum absolute atomic E-state index is 0.0621. The number of rotatable bonds is 51. The number of ether oxygens (including phenoxy) is 3. The van der Waals surface area contributed by atoms with Crippen LogP contribution in [-0.2, 0) is 28.6 Å². The van der Waals surface area contributed by atoms with Gasteiger partial charge < -0.3 is 14.2 Å². The van der Waals surface area contributed by atoms with Crippen LogP contribution >= 0.6 is 0 Å². The van der Waals surface area contributed by atoms with E-state index in [-0.39, 0.29) is 31.1 Å². The van der Waals surface area contributed by atoms with Gasteiger partial charge in [-0.1, -0.05) is 278 Å². The maximum absolute atomic E-state index is 12.8. The number of carbonyl (C=O) groups is 3. The number of esters is 3. The highest BCUT2D eigenvalue weighted by Crippen LogP contribution is 2.18. The molecule has 2 atom stereocenters. The summed E-state index contributed by atoms with van der Waals surface area (Å²) in [6.07, 6.45) is 53.6. The third-order valence-corrected chi connectivity index (χ3v) is 13.2. The minimum Gasteiger partial charge on any atom is -0.462 e. The lowest BCUT2D eigenvalue weighted by atomic mass is 9.99. The van der Waals surface area contributed by atoms with Gasteiger partial charge in [-0.25, -0.2) is 0 Å². The van der Waals surface area contributed by atoms with E-state index in [9.17, 15) is 14.4 Å². The molecular formula is C56H108O6. The number of hydrogen-bond acceptors (Lipinski definition) is 6. The van der Waals surface area contributed by atoms with Crippen molar-refractivity contribution in [1.29, 1.82) is 0 Å². The molecule has 6 heteroatoms. The Balaban J connectivity index is 4.29. The highest BCUT2D eigenvalue weighted by Gasteiger charge is 2.19. The van der Waals surface area contributed by atoms with Gasteiger partial charge in [0, 0.05) is 19.3 Å². The van der Waals surface area contributed by atoms with Gasteiger partial charge in [-0.3, -0.25) is 14.4 Å². The Hall–Kier alpha value is -1.59. The second-order valence-corrected chi connectivity index (χ2v) is 19.5. The molecule has 0 aromatic heterocycles. The van der Waals surface area contributed by atoms with Gasteiger partial charge in [-0.2, -0.15) is 0 Å². The molecule has 0 aliphatic carbocycles. The first-order chi connectivity index (χ1) is 30.4. The Kier molecular flexibility index (Phi) is 49.1. The van der Waals surface area contributed by atoms with Crippen molar-refractivity contribution in [3.05, 3.63) is 0 Å². The molecule has 0 saturated heterocycles. The molecule has 62 heavy (non-hydrogen) atoms. The third kappa shape index (κ3) is 47.9. The molecule has 0 spiro atoms. The summed E-state index contributed by atoms with van der Waals surface area (Å²) in [5, 5.41) is 0. The molecule has 6 nitrogen and oxygen atoms in total. The van der Waals surface area contributed by atoms with Crippen molar-refractivity contribution in [1.82, 2.24) is 0 Å². The maximum atomic E-state index is 12.8. The van der Waals surface area contributed by atoms with Crippen LogP contribution in [0.5, 0.6) is 0 Å². The van der Waals surface area contributed by atoms with Crippen LogP contribution in [0, 0.1) is 5.92 Å². The summed E-state index contributed by atoms with van der Waals surface area (Å²) in [5.41, 5.74) is 0. The zero-order valence-corrected chi connectivity index (χ0v) is 42.3. The van der Waals surface area contributed by atoms with Crippen molar-refractivity contribution in [2.75, 3.05) is 13.2 Å². The quantitative estimate of drug-likeness (QED) is 0.0344. The fourth-order valence-corrected chi connectivity index (χ4v) is 8.54. The van der Waals surface area contributed by atoms with Crippen molar-refractivity contribution < 1.29 is 28.6 Å². The van der Waals surface area contributed by atoms with E-state index in [4.69, 9.17) is 14.2 Å². The normalized spacial score (nSPS) is 12.4. The van der Waals surface area contributed by atoms with Gasteiger partial charge in [0.25, 0.3) is 0 Å². The minimum atomic E-state index is -0.761. The Morgan fingerprint density at radius 2 is 0.565 bits per heavy atom. The summed E-state index contributed by atoms with van der Waals surface area (Å²) >= 11 is 0. The largest absolute Gasteiger partial charge is 0.462 e. The molecule has 0 heterocycles. The molecule has 0 rings (SSSR count). The molecule has 1 unspecified atom stereocenters. The van der Waals surface area contributed by atoms with Crippen LogP contribution in [0.4, 0.5) is 0 Å². The van der Waals surface area contributed by atoms with Crippen LogP contribution in [0.2, 0.25) is 0 Å². The average Bonchev–Trinajstić information content (AvgIpc) is 3.27. The Morgan fingerprint density at radius 1 is 0.323 bits per heavy atom. The van der Waals surface area contributed by atoms with Gasteiger partial charge >= 0.3 is 17.9 Å². The van der Waals surface area contributed by atoms with Crippen LogP contribution in [0.15, 0.2) is 0 Å². The van der Waals surface area contributed by atoms with E-state index in [0.717, 1.165) is 63.7 Å². The van der Waals surface area contributed by atoms with Crippen LogP contribution < -0.4 is 0 Å². The topological polar surface area (TPSA) is 78.9 Å². The Morgan fingerprint density at radius 3 is 0.839 bits per heavy atom. The monoisotopic (exact) mass is 877 g/mol. The summed E-state index contributed by atoms with van der Waals surface area (Å²) in [7, 11) is 0. The molecule has 0 aromatic carbocycles. The Bertz CT molecular complexity index is 935. The molecule has 0 bridgehead atoms. The van der Waals surface area contributed by atoms with Crippen LogP contribution in [0.1, 0.15) is 317 Å². The van der Waals surface area contributed by atoms with E-state index in [0.29, 0.717) is 19.3 Å². The molecule has 0 saturated carbocycles. The standard InChI is InChI=1S/C56H108O6/c1-5-8-10-12-14-16-18-20-24-28-32-36-40-44-48-55(58)61-51-53(50-60-54(57)47-43-39-35-31-27-19-17-15-13-11-9-6-2)62-56(59)49-45-41-37-33-29-25-22-21-23-26-30-34-38-42-46-52(4)7-3/h52-53H,5-51H2,1-4H3/t52?,53-/m1/s1. The molecule has 0 aromatic rings. The zero-order valence-electron chi connectivity index (χ0n) is 42.3. The lowest BCUT2D eigenvalue weighted by molar-refractivity contribution is -0.167. The first-order valence-corrected chi connectivity index (χ1v) is 27.9. The summed E-state index contributed by atoms with van der Waals surface area (Å²) in [6, 6.07) is 0. The summed E-state index contributed by atoms with van der Waals surface area (Å²) in [4.78, 5) is 38.0. The predicted octanol–water partition coefficient (Wildman–Crippen LogP) is 18.2. The molecular weight excluding hydrogens is 769 g/mol. The summed E-state index contributed by atoms with van der Waals surface area (Å²) < 4.78 is 16.9. The lowest BCUT2D eigenvalue weighted by Gasteiger charge is -2.18. The number of carbonyl (C=O) groups excluding carboxylic acids is 3. The summed E-state index contributed by atoms with van der Waals surface area (Å²) in [6.45, 7) is 9.08. The van der Waals surface area contributed by atoms with Crippen LogP contribution in [0.3, 0.4) is 0 Å². The fraction of sp³-hybridized carbons (Fsp3) is 0.946. The van der Waals surface area contributed by atoms with E-state index in [1.807, 2.05) is 0 Å². The van der Waals surface area contributed by atoms with Crippen molar-refractivity contribution in [3.63, 3.8) is 0 Å². The second-order valence-electron chi connectivity index (χ2n) is 19.5. The molecule has 0 fully saturated rings. The van der Waals surface area contributed by atoms with Crippen molar-refractivity contribution >= 4 is 17.9 Å². The van der Waals surface area contributed by atoms with Gasteiger partial charge in [-0.05, 0) is 25.2 Å². The predicted molar refractivity (Wildman–Crippen MR) is 266 cm³/mol. The smallest absolute Gasteiger partial charge is 0.306 e. The van der Waals surface area contributed by atoms with E-state index in [1.165, 1.54) is 212 Å². The van der Waals surface area contributed by atoms with Gasteiger partial charge in [0.05, 0.1) is 0 Å². The molecule has 0 N–H and O–H groups in total. The van der Waals surface area contributed by atoms with Crippen molar-refractivity contribution in [2.24, 2.45) is 5.92 Å². The highest BCUT2D eigenvalue weighted by molar-refractivity contribution is 5.71. The number of unbranched alkanes of at least 4 members (excludes halogenated alkanes) is 37. The second kappa shape index (κ2) is 50.4. The Labute approximate surface area is 387 Å². The van der Waals surface area contributed by atoms with E-state index in [2.05, 4.69) is 27.7 Å². The zero-order chi connectivity index (χ0) is 45.2. The first-order valence-electron chi connectivity index (χ1n) is 27.9. The van der Waals surface area contributed by atoms with E-state index >= 15 is 0 Å². The molecule has 0 radical (unpaired) electrons. The average molecular weight is 877 g/mol. The molecule has 368 valence electrons. The third-order valence-electron chi connectivity index (χ3n) is 13.2. The van der Waals surface area contributed by atoms with E-state index < -0.39 is 6.10 Å². The van der Waals surface area contributed by atoms with E-state index in [1.54, 1.807) is 0 Å². The molecule has 0 aliphatic rings. The molecule has 0 aliphatic heterocycles. The van der Waals surface area contributed by atoms with Crippen LogP contribution in [0.25, 0.3) is 0 Å². The van der Waals surface area contributed by atoms with Crippen LogP contribution in [-0.4, -0.2) is 37.2 Å². The maximum Gasteiger partial charge on any atom is 0.306 e. The summed E-state index contributed by atoms with van der Waals surface area (Å²) in [5.74, 6) is 0.0563. The lowest BCUT2D eigenvalue weighted by Crippen LogP contribution is -2.30. The van der Waals surface area contributed by atoms with Gasteiger partial charge in [0.2, 0.25) is 0 Å².